The van der Waals surface area contributed by atoms with Crippen LogP contribution in [0.2, 0.25) is 0 Å². The molecule has 0 saturated heterocycles. The Morgan fingerprint density at radius 2 is 0.676 bits per heavy atom. The molecule has 0 nitrogen and oxygen atoms in total. The van der Waals surface area contributed by atoms with Crippen LogP contribution in [-0.4, -0.2) is 0 Å². The van der Waals surface area contributed by atoms with E-state index in [-0.39, 0.29) is 10.2 Å². The van der Waals surface area contributed by atoms with E-state index in [1.165, 1.54) is 6.42 Å². The summed E-state index contributed by atoms with van der Waals surface area (Å²) in [5.74, 6) is 14.1. The first kappa shape index (κ1) is 28.8. The lowest BCUT2D eigenvalue weighted by atomic mass is 9.39. The Balaban J connectivity index is 1.000. The van der Waals surface area contributed by atoms with Crippen molar-refractivity contribution in [1.29, 1.82) is 0 Å². The van der Waals surface area contributed by atoms with Gasteiger partial charge in [-0.1, -0.05) is 26.0 Å². The van der Waals surface area contributed by atoms with Crippen LogP contribution < -0.4 is 0 Å². The van der Waals surface area contributed by atoms with E-state index in [1.807, 2.05) is 203 Å². The molecule has 22 atom stereocenters. The van der Waals surface area contributed by atoms with Gasteiger partial charge in [0.1, 0.15) is 0 Å². The Bertz CT molecular complexity index is 5500. The Morgan fingerprint density at radius 3 is 1.13 bits per heavy atom. The fourth-order valence-corrected chi connectivity index (χ4v) is 34.6. The number of rotatable bonds is 2. The average Bonchev–Trinajstić information content (AvgIpc) is 4.33. The molecule has 1 fully saturated rings. The van der Waals surface area contributed by atoms with Gasteiger partial charge in [-0.05, 0) is 356 Å². The molecule has 71 heavy (non-hydrogen) atoms. The SMILES string of the molecule is CC(C)Cc1ccc2c(c1)SC13c4c5c6c7c8c9c%10c%11c%12c%13c%14c%15c(c%16c%13c%10c7c4-%16)C21C1C%15C2c4c7c%10c%13c%15c%16c%17c%18c%19c%20c%21c%22c%23c(c4c4c%22c%19c%16c%104)C2C%14C%12C%23C%21C%11C9C%20C%18C8C6C%17C%15C5C3C%13C71. The van der Waals surface area contributed by atoms with Crippen molar-refractivity contribution in [3.63, 3.8) is 0 Å². The Labute approximate surface area is 406 Å². The largest absolute Gasteiger partial charge is 0.112 e. The van der Waals surface area contributed by atoms with E-state index in [1.54, 1.807) is 10.5 Å². The average molecular weight is 905 g/mol. The standard InChI is InChI=1S/C70H32S/c1-7(2)5-8-3-4-9-10(6-8)71-70-67-61-55-45-33-25-17-13-11-12-15-19(17)27(33)37-31-23(15)24-16(12)20-18-14(11)22-21(13)29-35(25)43-49-39(29)40-30(22)36-26(18)34-28(20)38-32(24)42-41(31)53(47(37)55)63(67)64-54(42)48(38)56-46(34)52-44(36)50(40)58-57(49)65(59(61)51(43)45)69(9,70)66(58)60(52)62(56)68(64)70/h3-4,6-7,13,15,17,19,21,23,29,31,39-42,50,54,58,60,62,64,66,68H,5H2,1-2H3. The molecule has 318 valence electrons. The minimum Gasteiger partial charge on any atom is -0.112 e. The fourth-order valence-electron chi connectivity index (χ4n) is 32.5. The van der Waals surface area contributed by atoms with Crippen molar-refractivity contribution in [1.82, 2.24) is 0 Å². The topological polar surface area (TPSA) is 0 Å². The lowest BCUT2D eigenvalue weighted by Gasteiger charge is -2.65. The van der Waals surface area contributed by atoms with Gasteiger partial charge in [0.25, 0.3) is 0 Å². The molecular formula is C70H32S. The maximum atomic E-state index is 2.90. The summed E-state index contributed by atoms with van der Waals surface area (Å²) in [6.45, 7) is 4.94. The van der Waals surface area contributed by atoms with Crippen LogP contribution in [0.3, 0.4) is 0 Å². The zero-order chi connectivity index (χ0) is 42.3. The minimum atomic E-state index is 0.0386. The Kier molecular flexibility index (Phi) is 2.71. The van der Waals surface area contributed by atoms with E-state index in [2.05, 4.69) is 54.9 Å². The quantitative estimate of drug-likeness (QED) is 0.156. The van der Waals surface area contributed by atoms with Gasteiger partial charge in [0, 0.05) is 10.3 Å². The maximum Gasteiger partial charge on any atom is 0.0645 e. The van der Waals surface area contributed by atoms with E-state index >= 15 is 0 Å². The van der Waals surface area contributed by atoms with Gasteiger partial charge < -0.3 is 0 Å². The number of thioether (sulfide) groups is 1. The molecule has 1 heterocycles. The van der Waals surface area contributed by atoms with Gasteiger partial charge in [0.15, 0.2) is 0 Å². The highest BCUT2D eigenvalue weighted by Gasteiger charge is 2.89. The van der Waals surface area contributed by atoms with Crippen LogP contribution in [0.15, 0.2) is 23.1 Å². The van der Waals surface area contributed by atoms with Crippen LogP contribution in [0.1, 0.15) is 243 Å². The van der Waals surface area contributed by atoms with Crippen molar-refractivity contribution in [2.24, 2.45) is 17.8 Å². The molecule has 0 N–H and O–H groups in total. The molecule has 1 saturated carbocycles. The maximum absolute atomic E-state index is 2.90. The fraction of sp³-hybridized carbons (Fsp3) is 0.371. The monoisotopic (exact) mass is 904 g/mol. The van der Waals surface area contributed by atoms with E-state index in [0.717, 1.165) is 0 Å². The van der Waals surface area contributed by atoms with E-state index < -0.39 is 0 Å². The van der Waals surface area contributed by atoms with E-state index in [9.17, 15) is 0 Å². The number of benzene rings is 10. The van der Waals surface area contributed by atoms with Crippen molar-refractivity contribution in [2.75, 3.05) is 0 Å². The molecule has 1 heteroatoms. The van der Waals surface area contributed by atoms with Crippen LogP contribution in [0.4, 0.5) is 0 Å². The molecule has 1 aliphatic heterocycles. The molecule has 0 amide bonds. The van der Waals surface area contributed by atoms with Crippen molar-refractivity contribution in [3.8, 4) is 11.1 Å². The zero-order valence-electron chi connectivity index (χ0n) is 38.5. The van der Waals surface area contributed by atoms with Gasteiger partial charge in [0.05, 0.1) is 4.75 Å². The van der Waals surface area contributed by atoms with Gasteiger partial charge in [-0.2, -0.15) is 0 Å². The third-order valence-corrected chi connectivity index (χ3v) is 32.6. The molecular weight excluding hydrogens is 873 g/mol. The molecule has 0 radical (unpaired) electrons. The molecule has 22 unspecified atom stereocenters. The van der Waals surface area contributed by atoms with E-state index in [4.69, 9.17) is 0 Å². The van der Waals surface area contributed by atoms with Crippen LogP contribution in [-0.2, 0) is 16.6 Å². The number of hydrogen-bond acceptors (Lipinski definition) is 1. The summed E-state index contributed by atoms with van der Waals surface area (Å²) < 4.78 is 0.0688. The zero-order valence-corrected chi connectivity index (χ0v) is 39.3. The first-order valence-corrected chi connectivity index (χ1v) is 30.1. The smallest absolute Gasteiger partial charge is 0.0645 e. The molecule has 11 aromatic rings. The molecule has 2 spiro atoms. The van der Waals surface area contributed by atoms with Crippen molar-refractivity contribution in [3.05, 3.63) is 141 Å². The summed E-state index contributed by atoms with van der Waals surface area (Å²) in [6.07, 6.45) is 1.20. The highest BCUT2D eigenvalue weighted by Crippen LogP contribution is 3.01. The first-order chi connectivity index (χ1) is 35.2. The van der Waals surface area contributed by atoms with Crippen molar-refractivity contribution in [2.45, 2.75) is 142 Å². The highest BCUT2D eigenvalue weighted by atomic mass is 32.2. The van der Waals surface area contributed by atoms with Crippen LogP contribution in [0, 0.1) is 17.8 Å². The lowest BCUT2D eigenvalue weighted by Crippen LogP contribution is -2.62. The summed E-state index contributed by atoms with van der Waals surface area (Å²) >= 11 is 2.60. The predicted molar refractivity (Wildman–Crippen MR) is 275 cm³/mol. The molecule has 23 aliphatic rings. The third-order valence-electron chi connectivity index (χ3n) is 30.9. The Morgan fingerprint density at radius 1 is 0.352 bits per heavy atom. The lowest BCUT2D eigenvalue weighted by molar-refractivity contribution is 0.0341. The summed E-state index contributed by atoms with van der Waals surface area (Å²) in [7, 11) is 0. The van der Waals surface area contributed by atoms with Gasteiger partial charge >= 0.3 is 0 Å². The van der Waals surface area contributed by atoms with Crippen LogP contribution in [0.25, 0.3) is 97.3 Å². The van der Waals surface area contributed by atoms with Gasteiger partial charge in [-0.15, -0.1) is 11.8 Å². The molecule has 0 bridgehead atoms. The first-order valence-electron chi connectivity index (χ1n) is 29.3. The van der Waals surface area contributed by atoms with Crippen LogP contribution >= 0.6 is 11.8 Å². The van der Waals surface area contributed by atoms with Gasteiger partial charge in [-0.3, -0.25) is 0 Å². The van der Waals surface area contributed by atoms with Gasteiger partial charge in [-0.25, -0.2) is 0 Å². The minimum absolute atomic E-state index is 0.0386. The second-order valence-electron chi connectivity index (χ2n) is 30.5. The molecule has 22 aliphatic carbocycles. The normalized spacial score (nSPS) is 47.5. The molecule has 34 rings (SSSR count). The number of hydrogen-bond donors (Lipinski definition) is 0. The second-order valence-corrected chi connectivity index (χ2v) is 31.8. The van der Waals surface area contributed by atoms with Crippen molar-refractivity contribution < 1.29 is 0 Å². The third kappa shape index (κ3) is 1.62. The summed E-state index contributed by atoms with van der Waals surface area (Å²) in [5.41, 5.74) is 48.2. The van der Waals surface area contributed by atoms with Crippen molar-refractivity contribution >= 4 is 97.9 Å². The Hall–Kier alpha value is -5.37. The van der Waals surface area contributed by atoms with Crippen LogP contribution in [0.5, 0.6) is 0 Å². The molecule has 0 aromatic heterocycles. The molecule has 11 aromatic carbocycles. The predicted octanol–water partition coefficient (Wildman–Crippen LogP) is 15.7. The highest BCUT2D eigenvalue weighted by molar-refractivity contribution is 8.00. The number of fused-ring (bicyclic) bond motifs is 1. The van der Waals surface area contributed by atoms with E-state index in [0.29, 0.717) is 124 Å². The second kappa shape index (κ2) is 6.70. The summed E-state index contributed by atoms with van der Waals surface area (Å²) in [6, 6.07) is 8.49. The summed E-state index contributed by atoms with van der Waals surface area (Å²) in [4.78, 5) is 1.75. The summed E-state index contributed by atoms with van der Waals surface area (Å²) in [5, 5.41) is 30.8. The van der Waals surface area contributed by atoms with Gasteiger partial charge in [0.2, 0.25) is 0 Å².